The molecule has 2 aromatic rings. The summed E-state index contributed by atoms with van der Waals surface area (Å²) in [5.41, 5.74) is 1.42. The molecule has 0 radical (unpaired) electrons. The van der Waals surface area contributed by atoms with Crippen LogP contribution in [0.3, 0.4) is 0 Å². The van der Waals surface area contributed by atoms with E-state index in [9.17, 15) is 14.4 Å². The van der Waals surface area contributed by atoms with E-state index in [1.54, 1.807) is 13.8 Å². The van der Waals surface area contributed by atoms with Gasteiger partial charge in [0.25, 0.3) is 5.91 Å². The Bertz CT molecular complexity index is 908. The minimum absolute atomic E-state index is 0.122. The first kappa shape index (κ1) is 22.4. The first-order valence-electron chi connectivity index (χ1n) is 9.93. The number of benzene rings is 1. The fourth-order valence-corrected chi connectivity index (χ4v) is 5.16. The van der Waals surface area contributed by atoms with Crippen LogP contribution in [-0.2, 0) is 31.9 Å². The second kappa shape index (κ2) is 10.6. The SMILES string of the molecule is CC(C)OC(=O)c1c(NC(=O)COC(=O)CSc2ccccc2)sc2c1CCCC2. The quantitative estimate of drug-likeness (QED) is 0.475. The lowest BCUT2D eigenvalue weighted by atomic mass is 9.95. The van der Waals surface area contributed by atoms with E-state index >= 15 is 0 Å². The number of thiophene rings is 1. The van der Waals surface area contributed by atoms with Gasteiger partial charge in [0.15, 0.2) is 6.61 Å². The van der Waals surface area contributed by atoms with E-state index in [0.29, 0.717) is 10.6 Å². The number of ether oxygens (including phenoxy) is 2. The van der Waals surface area contributed by atoms with Crippen molar-refractivity contribution in [2.24, 2.45) is 0 Å². The maximum absolute atomic E-state index is 12.6. The Labute approximate surface area is 184 Å². The van der Waals surface area contributed by atoms with Crippen LogP contribution in [-0.4, -0.2) is 36.3 Å². The molecule has 160 valence electrons. The van der Waals surface area contributed by atoms with Gasteiger partial charge >= 0.3 is 11.9 Å². The zero-order valence-corrected chi connectivity index (χ0v) is 18.7. The van der Waals surface area contributed by atoms with Gasteiger partial charge in [0.1, 0.15) is 5.00 Å². The number of nitrogens with one attached hydrogen (secondary N) is 1. The summed E-state index contributed by atoms with van der Waals surface area (Å²) in [5.74, 6) is -1.23. The van der Waals surface area contributed by atoms with Crippen LogP contribution in [0, 0.1) is 0 Å². The van der Waals surface area contributed by atoms with Gasteiger partial charge in [-0.3, -0.25) is 9.59 Å². The van der Waals surface area contributed by atoms with Crippen molar-refractivity contribution in [2.45, 2.75) is 50.5 Å². The van der Waals surface area contributed by atoms with Crippen LogP contribution < -0.4 is 5.32 Å². The van der Waals surface area contributed by atoms with Crippen molar-refractivity contribution in [2.75, 3.05) is 17.7 Å². The molecule has 3 rings (SSSR count). The van der Waals surface area contributed by atoms with E-state index in [1.165, 1.54) is 23.1 Å². The Balaban J connectivity index is 1.58. The fourth-order valence-electron chi connectivity index (χ4n) is 3.15. The normalized spacial score (nSPS) is 12.9. The highest BCUT2D eigenvalue weighted by Crippen LogP contribution is 2.38. The zero-order chi connectivity index (χ0) is 21.5. The van der Waals surface area contributed by atoms with Gasteiger partial charge in [0, 0.05) is 9.77 Å². The number of carbonyl (C=O) groups is 3. The Morgan fingerprint density at radius 2 is 1.87 bits per heavy atom. The molecule has 30 heavy (non-hydrogen) atoms. The van der Waals surface area contributed by atoms with Crippen molar-refractivity contribution in [3.8, 4) is 0 Å². The Morgan fingerprint density at radius 1 is 1.13 bits per heavy atom. The van der Waals surface area contributed by atoms with Gasteiger partial charge in [-0.15, -0.1) is 23.1 Å². The minimum atomic E-state index is -0.469. The highest BCUT2D eigenvalue weighted by molar-refractivity contribution is 8.00. The average molecular weight is 448 g/mol. The standard InChI is InChI=1S/C22H25NO5S2/c1-14(2)28-22(26)20-16-10-6-7-11-17(16)30-21(20)23-18(24)12-27-19(25)13-29-15-8-4-3-5-9-15/h3-5,8-9,14H,6-7,10-13H2,1-2H3,(H,23,24). The summed E-state index contributed by atoms with van der Waals surface area (Å²) in [5, 5.41) is 3.22. The first-order valence-corrected chi connectivity index (χ1v) is 11.7. The summed E-state index contributed by atoms with van der Waals surface area (Å²) in [6.07, 6.45) is 3.52. The Morgan fingerprint density at radius 3 is 2.60 bits per heavy atom. The monoisotopic (exact) mass is 447 g/mol. The Hall–Kier alpha value is -2.32. The molecule has 0 bridgehead atoms. The highest BCUT2D eigenvalue weighted by Gasteiger charge is 2.28. The summed E-state index contributed by atoms with van der Waals surface area (Å²) < 4.78 is 10.5. The third kappa shape index (κ3) is 6.09. The van der Waals surface area contributed by atoms with E-state index in [2.05, 4.69) is 5.32 Å². The van der Waals surface area contributed by atoms with Crippen LogP contribution in [0.15, 0.2) is 35.2 Å². The maximum Gasteiger partial charge on any atom is 0.341 e. The molecule has 0 saturated heterocycles. The molecule has 0 atom stereocenters. The maximum atomic E-state index is 12.6. The molecule has 1 aliphatic carbocycles. The highest BCUT2D eigenvalue weighted by atomic mass is 32.2. The largest absolute Gasteiger partial charge is 0.459 e. The molecular formula is C22H25NO5S2. The summed E-state index contributed by atoms with van der Waals surface area (Å²) in [4.78, 5) is 39.0. The predicted molar refractivity (Wildman–Crippen MR) is 118 cm³/mol. The molecule has 0 spiro atoms. The molecule has 0 fully saturated rings. The third-order valence-electron chi connectivity index (χ3n) is 4.44. The average Bonchev–Trinajstić information content (AvgIpc) is 3.08. The van der Waals surface area contributed by atoms with Crippen molar-refractivity contribution in [3.63, 3.8) is 0 Å². The van der Waals surface area contributed by atoms with Gasteiger partial charge in [-0.2, -0.15) is 0 Å². The molecule has 1 aromatic heterocycles. The fraction of sp³-hybridized carbons (Fsp3) is 0.409. The molecule has 0 saturated carbocycles. The summed E-state index contributed by atoms with van der Waals surface area (Å²) in [7, 11) is 0. The number of hydrogen-bond acceptors (Lipinski definition) is 7. The molecule has 8 heteroatoms. The zero-order valence-electron chi connectivity index (χ0n) is 17.1. The van der Waals surface area contributed by atoms with Crippen molar-refractivity contribution in [1.82, 2.24) is 0 Å². The number of thioether (sulfide) groups is 1. The van der Waals surface area contributed by atoms with Crippen molar-refractivity contribution < 1.29 is 23.9 Å². The summed E-state index contributed by atoms with van der Waals surface area (Å²) >= 11 is 2.76. The van der Waals surface area contributed by atoms with Crippen molar-refractivity contribution in [1.29, 1.82) is 0 Å². The van der Waals surface area contributed by atoms with Gasteiger partial charge < -0.3 is 14.8 Å². The molecule has 1 N–H and O–H groups in total. The molecule has 1 aromatic carbocycles. The van der Waals surface area contributed by atoms with Gasteiger partial charge in [-0.25, -0.2) is 4.79 Å². The van der Waals surface area contributed by atoms with E-state index in [-0.39, 0.29) is 11.9 Å². The number of carbonyl (C=O) groups excluding carboxylic acids is 3. The molecule has 1 amide bonds. The molecule has 0 aliphatic heterocycles. The van der Waals surface area contributed by atoms with Gasteiger partial charge in [0.05, 0.1) is 17.4 Å². The van der Waals surface area contributed by atoms with Crippen LogP contribution >= 0.6 is 23.1 Å². The molecular weight excluding hydrogens is 422 g/mol. The number of rotatable bonds is 8. The van der Waals surface area contributed by atoms with Crippen molar-refractivity contribution in [3.05, 3.63) is 46.3 Å². The minimum Gasteiger partial charge on any atom is -0.459 e. The number of esters is 2. The summed E-state index contributed by atoms with van der Waals surface area (Å²) in [6, 6.07) is 9.50. The number of hydrogen-bond donors (Lipinski definition) is 1. The number of aryl methyl sites for hydroxylation is 1. The number of anilines is 1. The van der Waals surface area contributed by atoms with Crippen LogP contribution in [0.25, 0.3) is 0 Å². The lowest BCUT2D eigenvalue weighted by Gasteiger charge is -2.14. The second-order valence-corrected chi connectivity index (χ2v) is 9.33. The molecule has 1 heterocycles. The van der Waals surface area contributed by atoms with Gasteiger partial charge in [0.2, 0.25) is 0 Å². The smallest absolute Gasteiger partial charge is 0.341 e. The lowest BCUT2D eigenvalue weighted by Crippen LogP contribution is -2.23. The van der Waals surface area contributed by atoms with E-state index in [4.69, 9.17) is 9.47 Å². The molecule has 6 nitrogen and oxygen atoms in total. The Kier molecular flexibility index (Phi) is 7.93. The van der Waals surface area contributed by atoms with E-state index in [0.717, 1.165) is 41.0 Å². The third-order valence-corrected chi connectivity index (χ3v) is 6.63. The van der Waals surface area contributed by atoms with Crippen molar-refractivity contribution >= 4 is 45.9 Å². The van der Waals surface area contributed by atoms with Crippen LogP contribution in [0.5, 0.6) is 0 Å². The first-order chi connectivity index (χ1) is 14.4. The summed E-state index contributed by atoms with van der Waals surface area (Å²) in [6.45, 7) is 3.19. The molecule has 0 unspecified atom stereocenters. The lowest BCUT2D eigenvalue weighted by molar-refractivity contribution is -0.144. The van der Waals surface area contributed by atoms with Gasteiger partial charge in [-0.1, -0.05) is 18.2 Å². The number of fused-ring (bicyclic) bond motifs is 1. The van der Waals surface area contributed by atoms with E-state index in [1.807, 2.05) is 30.3 Å². The van der Waals surface area contributed by atoms with E-state index < -0.39 is 24.5 Å². The topological polar surface area (TPSA) is 81.7 Å². The van der Waals surface area contributed by atoms with Crippen LogP contribution in [0.1, 0.15) is 47.5 Å². The molecule has 1 aliphatic rings. The van der Waals surface area contributed by atoms with Gasteiger partial charge in [-0.05, 0) is 57.2 Å². The number of amides is 1. The predicted octanol–water partition coefficient (Wildman–Crippen LogP) is 4.47. The van der Waals surface area contributed by atoms with Crippen LogP contribution in [0.4, 0.5) is 5.00 Å². The second-order valence-electron chi connectivity index (χ2n) is 7.18. The van der Waals surface area contributed by atoms with Crippen LogP contribution in [0.2, 0.25) is 0 Å².